The zero-order valence-electron chi connectivity index (χ0n) is 20.7. The molecular formula is C30H39N3O. The van der Waals surface area contributed by atoms with E-state index >= 15 is 0 Å². The molecule has 0 radical (unpaired) electrons. The molecular weight excluding hydrogens is 418 g/mol. The Labute approximate surface area is 205 Å². The van der Waals surface area contributed by atoms with Crippen molar-refractivity contribution in [1.82, 2.24) is 14.7 Å². The van der Waals surface area contributed by atoms with Gasteiger partial charge in [-0.1, -0.05) is 49.4 Å². The fraction of sp³-hybridized carbons (Fsp3) is 0.500. The summed E-state index contributed by atoms with van der Waals surface area (Å²) in [5.74, 6) is 0.184. The number of fused-ring (bicyclic) bond motifs is 2. The fourth-order valence-corrected chi connectivity index (χ4v) is 6.38. The summed E-state index contributed by atoms with van der Waals surface area (Å²) >= 11 is 0. The molecule has 2 aromatic carbocycles. The van der Waals surface area contributed by atoms with Crippen molar-refractivity contribution in [1.29, 1.82) is 0 Å². The summed E-state index contributed by atoms with van der Waals surface area (Å²) in [5.41, 5.74) is 4.90. The number of hydrogen-bond acceptors (Lipinski definition) is 3. The second kappa shape index (κ2) is 10.5. The van der Waals surface area contributed by atoms with Crippen LogP contribution in [0.25, 0.3) is 0 Å². The highest BCUT2D eigenvalue weighted by Crippen LogP contribution is 2.41. The number of benzene rings is 2. The minimum atomic E-state index is 0.184. The highest BCUT2D eigenvalue weighted by molar-refractivity contribution is 5.94. The van der Waals surface area contributed by atoms with Gasteiger partial charge < -0.3 is 4.90 Å². The molecule has 3 aliphatic rings. The van der Waals surface area contributed by atoms with Gasteiger partial charge >= 0.3 is 0 Å². The smallest absolute Gasteiger partial charge is 0.253 e. The second-order valence-electron chi connectivity index (χ2n) is 10.3. The number of nitrogens with zero attached hydrogens (tertiary/aromatic N) is 3. The van der Waals surface area contributed by atoms with Gasteiger partial charge in [0.15, 0.2) is 0 Å². The van der Waals surface area contributed by atoms with Gasteiger partial charge in [-0.2, -0.15) is 0 Å². The molecule has 3 heterocycles. The lowest BCUT2D eigenvalue weighted by Crippen LogP contribution is -2.42. The van der Waals surface area contributed by atoms with Gasteiger partial charge in [-0.15, -0.1) is 6.58 Å². The molecule has 5 rings (SSSR count). The van der Waals surface area contributed by atoms with Crippen molar-refractivity contribution in [2.24, 2.45) is 0 Å². The van der Waals surface area contributed by atoms with Gasteiger partial charge in [-0.25, -0.2) is 0 Å². The van der Waals surface area contributed by atoms with Crippen molar-refractivity contribution in [3.05, 3.63) is 83.4 Å². The van der Waals surface area contributed by atoms with E-state index in [1.165, 1.54) is 36.0 Å². The van der Waals surface area contributed by atoms with E-state index in [-0.39, 0.29) is 11.9 Å². The number of likely N-dealkylation sites (tertiary alicyclic amines) is 2. The number of amides is 1. The average Bonchev–Trinajstić information content (AvgIpc) is 3.50. The van der Waals surface area contributed by atoms with E-state index in [0.717, 1.165) is 57.5 Å². The Morgan fingerprint density at radius 1 is 1.00 bits per heavy atom. The van der Waals surface area contributed by atoms with Crippen LogP contribution in [0.2, 0.25) is 0 Å². The fourth-order valence-electron chi connectivity index (χ4n) is 6.38. The van der Waals surface area contributed by atoms with Crippen LogP contribution < -0.4 is 0 Å². The van der Waals surface area contributed by atoms with Crippen molar-refractivity contribution < 1.29 is 4.79 Å². The van der Waals surface area contributed by atoms with Crippen LogP contribution >= 0.6 is 0 Å². The first kappa shape index (κ1) is 23.3. The Balaban J connectivity index is 1.49. The van der Waals surface area contributed by atoms with E-state index in [1.54, 1.807) is 0 Å². The number of rotatable bonds is 7. The molecule has 3 fully saturated rings. The summed E-state index contributed by atoms with van der Waals surface area (Å²) in [6.45, 7) is 11.2. The van der Waals surface area contributed by atoms with E-state index < -0.39 is 0 Å². The molecule has 3 saturated heterocycles. The average molecular weight is 458 g/mol. The third-order valence-electron chi connectivity index (χ3n) is 8.15. The monoisotopic (exact) mass is 457 g/mol. The third kappa shape index (κ3) is 4.71. The quantitative estimate of drug-likeness (QED) is 0.528. The molecule has 2 aromatic rings. The normalized spacial score (nSPS) is 24.2. The van der Waals surface area contributed by atoms with Crippen LogP contribution in [-0.2, 0) is 6.42 Å². The van der Waals surface area contributed by atoms with Crippen LogP contribution in [0.3, 0.4) is 0 Å². The number of carbonyl (C=O) groups is 1. The molecule has 180 valence electrons. The minimum absolute atomic E-state index is 0.184. The van der Waals surface area contributed by atoms with Crippen molar-refractivity contribution in [2.75, 3.05) is 32.7 Å². The summed E-state index contributed by atoms with van der Waals surface area (Å²) in [7, 11) is 0. The van der Waals surface area contributed by atoms with E-state index in [1.807, 2.05) is 11.0 Å². The summed E-state index contributed by atoms with van der Waals surface area (Å²) in [5, 5.41) is 0. The molecule has 0 saturated carbocycles. The highest BCUT2D eigenvalue weighted by Gasteiger charge is 2.41. The van der Waals surface area contributed by atoms with E-state index in [4.69, 9.17) is 0 Å². The maximum atomic E-state index is 12.9. The molecule has 0 spiro atoms. The van der Waals surface area contributed by atoms with E-state index in [0.29, 0.717) is 12.1 Å². The topological polar surface area (TPSA) is 26.8 Å². The lowest BCUT2D eigenvalue weighted by Gasteiger charge is -2.37. The summed E-state index contributed by atoms with van der Waals surface area (Å²) in [6, 6.07) is 19.1. The number of aryl methyl sites for hydroxylation is 1. The van der Waals surface area contributed by atoms with Crippen LogP contribution in [0, 0.1) is 0 Å². The van der Waals surface area contributed by atoms with Gasteiger partial charge in [0.25, 0.3) is 5.91 Å². The summed E-state index contributed by atoms with van der Waals surface area (Å²) in [6.07, 6.45) is 9.09. The van der Waals surface area contributed by atoms with Crippen LogP contribution in [-0.4, -0.2) is 65.4 Å². The van der Waals surface area contributed by atoms with Gasteiger partial charge in [0.2, 0.25) is 0 Å². The van der Waals surface area contributed by atoms with Crippen molar-refractivity contribution >= 4 is 5.91 Å². The molecule has 3 atom stereocenters. The molecule has 34 heavy (non-hydrogen) atoms. The van der Waals surface area contributed by atoms with Gasteiger partial charge in [0.1, 0.15) is 0 Å². The van der Waals surface area contributed by atoms with Gasteiger partial charge in [-0.3, -0.25) is 14.6 Å². The largest absolute Gasteiger partial charge is 0.339 e. The molecule has 4 nitrogen and oxygen atoms in total. The molecule has 0 aliphatic carbocycles. The lowest BCUT2D eigenvalue weighted by molar-refractivity contribution is 0.0792. The predicted molar refractivity (Wildman–Crippen MR) is 139 cm³/mol. The highest BCUT2D eigenvalue weighted by atomic mass is 16.2. The molecule has 0 N–H and O–H groups in total. The van der Waals surface area contributed by atoms with Crippen LogP contribution in [0.5, 0.6) is 0 Å². The van der Waals surface area contributed by atoms with Gasteiger partial charge in [0.05, 0.1) is 6.04 Å². The van der Waals surface area contributed by atoms with E-state index in [9.17, 15) is 4.79 Å². The zero-order valence-corrected chi connectivity index (χ0v) is 20.7. The Bertz CT molecular complexity index is 994. The first-order valence-corrected chi connectivity index (χ1v) is 13.3. The SMILES string of the molecule is C=CCN1CCC2CCC(C1)N2C(c1ccc(C(=O)N2CCCC2)cc1)c1cccc(CC)c1. The van der Waals surface area contributed by atoms with Crippen LogP contribution in [0.1, 0.15) is 72.1 Å². The first-order chi connectivity index (χ1) is 16.7. The molecule has 4 heteroatoms. The van der Waals surface area contributed by atoms with Crippen molar-refractivity contribution in [3.8, 4) is 0 Å². The minimum Gasteiger partial charge on any atom is -0.339 e. The van der Waals surface area contributed by atoms with E-state index in [2.05, 4.69) is 71.8 Å². The number of carbonyl (C=O) groups excluding carboxylic acids is 1. The second-order valence-corrected chi connectivity index (χ2v) is 10.3. The maximum Gasteiger partial charge on any atom is 0.253 e. The van der Waals surface area contributed by atoms with Crippen LogP contribution in [0.4, 0.5) is 0 Å². The Hall–Kier alpha value is -2.43. The molecule has 0 aromatic heterocycles. The lowest BCUT2D eigenvalue weighted by atomic mass is 9.93. The molecule has 1 amide bonds. The molecule has 2 bridgehead atoms. The molecule has 3 aliphatic heterocycles. The predicted octanol–water partition coefficient (Wildman–Crippen LogP) is 5.30. The molecule has 3 unspecified atom stereocenters. The third-order valence-corrected chi connectivity index (χ3v) is 8.15. The van der Waals surface area contributed by atoms with Crippen LogP contribution in [0.15, 0.2) is 61.2 Å². The Morgan fingerprint density at radius 3 is 2.50 bits per heavy atom. The zero-order chi connectivity index (χ0) is 23.5. The summed E-state index contributed by atoms with van der Waals surface area (Å²) < 4.78 is 0. The summed E-state index contributed by atoms with van der Waals surface area (Å²) in [4.78, 5) is 20.3. The Kier molecular flexibility index (Phi) is 7.17. The first-order valence-electron chi connectivity index (χ1n) is 13.3. The van der Waals surface area contributed by atoms with Gasteiger partial charge in [-0.05, 0) is 67.3 Å². The van der Waals surface area contributed by atoms with Crippen molar-refractivity contribution in [3.63, 3.8) is 0 Å². The number of hydrogen-bond donors (Lipinski definition) is 0. The van der Waals surface area contributed by atoms with Gasteiger partial charge in [0, 0.05) is 50.4 Å². The van der Waals surface area contributed by atoms with Crippen molar-refractivity contribution in [2.45, 2.75) is 63.6 Å². The maximum absolute atomic E-state index is 12.9. The standard InChI is InChI=1S/C30H39N3O/c1-3-17-31-20-16-27-14-15-28(22-31)33(27)29(26-9-7-8-23(4-2)21-26)24-10-12-25(13-11-24)30(34)32-18-5-6-19-32/h3,7-13,21,27-29H,1,4-6,14-20,22H2,2H3. The Morgan fingerprint density at radius 2 is 1.76 bits per heavy atom.